The summed E-state index contributed by atoms with van der Waals surface area (Å²) in [5, 5.41) is 6.42. The summed E-state index contributed by atoms with van der Waals surface area (Å²) in [4.78, 5) is 28.3. The minimum atomic E-state index is -0.405. The highest BCUT2D eigenvalue weighted by molar-refractivity contribution is 6.03. The molecule has 2 aliphatic heterocycles. The maximum Gasteiger partial charge on any atom is 0.323 e. The highest BCUT2D eigenvalue weighted by Gasteiger charge is 2.38. The Bertz CT molecular complexity index is 1180. The van der Waals surface area contributed by atoms with Crippen LogP contribution in [0.25, 0.3) is 0 Å². The van der Waals surface area contributed by atoms with Crippen molar-refractivity contribution in [2.45, 2.75) is 58.5 Å². The van der Waals surface area contributed by atoms with Crippen LogP contribution in [0.4, 0.5) is 0 Å². The molecule has 8 nitrogen and oxygen atoms in total. The first kappa shape index (κ1) is 26.7. The number of carbonyl (C=O) groups is 2. The van der Waals surface area contributed by atoms with Crippen LogP contribution in [0.15, 0.2) is 41.5 Å². The molecule has 0 radical (unpaired) electrons. The zero-order valence-corrected chi connectivity index (χ0v) is 22.5. The van der Waals surface area contributed by atoms with E-state index in [0.717, 1.165) is 29.7 Å². The molecule has 2 aliphatic rings. The number of likely N-dealkylation sites (tertiary alicyclic amines) is 1. The van der Waals surface area contributed by atoms with Gasteiger partial charge in [-0.05, 0) is 75.0 Å². The van der Waals surface area contributed by atoms with Crippen LogP contribution in [0.3, 0.4) is 0 Å². The van der Waals surface area contributed by atoms with Crippen molar-refractivity contribution in [2.24, 2.45) is 5.10 Å². The van der Waals surface area contributed by atoms with E-state index in [1.54, 1.807) is 26.2 Å². The Morgan fingerprint density at radius 1 is 1.03 bits per heavy atom. The van der Waals surface area contributed by atoms with Crippen LogP contribution in [0.1, 0.15) is 60.9 Å². The van der Waals surface area contributed by atoms with Gasteiger partial charge in [0.05, 0.1) is 39.1 Å². The maximum absolute atomic E-state index is 13.8. The van der Waals surface area contributed by atoms with Crippen LogP contribution in [-0.4, -0.2) is 67.5 Å². The van der Waals surface area contributed by atoms with Crippen molar-refractivity contribution in [2.75, 3.05) is 33.9 Å². The monoisotopic (exact) mass is 507 g/mol. The Morgan fingerprint density at radius 2 is 1.84 bits per heavy atom. The first-order valence-corrected chi connectivity index (χ1v) is 13.0. The molecule has 0 spiro atoms. The Hall–Kier alpha value is -3.39. The molecule has 2 heterocycles. The molecule has 0 unspecified atom stereocenters. The third-order valence-corrected chi connectivity index (χ3v) is 7.32. The average Bonchev–Trinajstić information content (AvgIpc) is 3.35. The van der Waals surface area contributed by atoms with Gasteiger partial charge < -0.3 is 14.2 Å². The van der Waals surface area contributed by atoms with Crippen molar-refractivity contribution in [3.63, 3.8) is 0 Å². The van der Waals surface area contributed by atoms with Gasteiger partial charge in [-0.2, -0.15) is 5.10 Å². The van der Waals surface area contributed by atoms with E-state index in [1.807, 2.05) is 23.1 Å². The van der Waals surface area contributed by atoms with E-state index in [2.05, 4.69) is 32.0 Å². The second-order valence-corrected chi connectivity index (χ2v) is 9.65. The van der Waals surface area contributed by atoms with Crippen molar-refractivity contribution in [1.82, 2.24) is 9.91 Å². The number of carbonyl (C=O) groups excluding carboxylic acids is 2. The Morgan fingerprint density at radius 3 is 2.54 bits per heavy atom. The standard InChI is InChI=1S/C29H37N3O5/c1-6-37-29(34)25-9-7-8-14-31(25)18-28(33)32-26(23-13-12-22(35-4)16-27(23)36-5)17-24(30-32)21-11-10-19(2)20(3)15-21/h10-13,15-16,25-26H,6-9,14,17-18H2,1-5H3/t25-,26-/m1/s1. The van der Waals surface area contributed by atoms with Gasteiger partial charge in [0.1, 0.15) is 17.5 Å². The summed E-state index contributed by atoms with van der Waals surface area (Å²) in [7, 11) is 3.22. The van der Waals surface area contributed by atoms with Crippen LogP contribution < -0.4 is 9.47 Å². The number of aryl methyl sites for hydroxylation is 2. The second-order valence-electron chi connectivity index (χ2n) is 9.65. The zero-order valence-electron chi connectivity index (χ0n) is 22.5. The quantitative estimate of drug-likeness (QED) is 0.492. The van der Waals surface area contributed by atoms with E-state index < -0.39 is 6.04 Å². The van der Waals surface area contributed by atoms with Gasteiger partial charge in [0.2, 0.25) is 0 Å². The number of nitrogens with zero attached hydrogens (tertiary/aromatic N) is 3. The van der Waals surface area contributed by atoms with Gasteiger partial charge in [0, 0.05) is 18.1 Å². The van der Waals surface area contributed by atoms with Gasteiger partial charge in [-0.1, -0.05) is 18.6 Å². The normalized spacial score (nSPS) is 19.9. The maximum atomic E-state index is 13.8. The lowest BCUT2D eigenvalue weighted by Crippen LogP contribution is -2.49. The summed E-state index contributed by atoms with van der Waals surface area (Å²) >= 11 is 0. The number of piperidine rings is 1. The van der Waals surface area contributed by atoms with E-state index in [4.69, 9.17) is 19.3 Å². The molecule has 1 amide bonds. The second kappa shape index (κ2) is 11.8. The van der Waals surface area contributed by atoms with Crippen LogP contribution in [-0.2, 0) is 14.3 Å². The predicted molar refractivity (Wildman–Crippen MR) is 142 cm³/mol. The molecule has 2 atom stereocenters. The summed E-state index contributed by atoms with van der Waals surface area (Å²) in [6.07, 6.45) is 3.13. The molecule has 0 saturated carbocycles. The van der Waals surface area contributed by atoms with E-state index in [0.29, 0.717) is 37.5 Å². The van der Waals surface area contributed by atoms with Crippen molar-refractivity contribution in [3.05, 3.63) is 58.7 Å². The minimum absolute atomic E-state index is 0.0994. The van der Waals surface area contributed by atoms with Crippen molar-refractivity contribution in [3.8, 4) is 11.5 Å². The summed E-state index contributed by atoms with van der Waals surface area (Å²) in [5.74, 6) is 0.903. The average molecular weight is 508 g/mol. The topological polar surface area (TPSA) is 80.7 Å². The number of hydrogen-bond donors (Lipinski definition) is 0. The van der Waals surface area contributed by atoms with E-state index in [9.17, 15) is 9.59 Å². The Kier molecular flexibility index (Phi) is 8.48. The van der Waals surface area contributed by atoms with Crippen molar-refractivity contribution < 1.29 is 23.8 Å². The molecule has 2 aromatic carbocycles. The molecule has 198 valence electrons. The lowest BCUT2D eigenvalue weighted by Gasteiger charge is -2.34. The highest BCUT2D eigenvalue weighted by Crippen LogP contribution is 2.39. The number of hydrogen-bond acceptors (Lipinski definition) is 7. The molecule has 37 heavy (non-hydrogen) atoms. The smallest absolute Gasteiger partial charge is 0.323 e. The molecule has 4 rings (SSSR count). The number of esters is 1. The fourth-order valence-electron chi connectivity index (χ4n) is 5.10. The van der Waals surface area contributed by atoms with Gasteiger partial charge in [0.25, 0.3) is 5.91 Å². The first-order valence-electron chi connectivity index (χ1n) is 13.0. The number of amides is 1. The molecule has 1 fully saturated rings. The fraction of sp³-hybridized carbons (Fsp3) is 0.483. The van der Waals surface area contributed by atoms with Gasteiger partial charge in [-0.3, -0.25) is 14.5 Å². The van der Waals surface area contributed by atoms with Crippen LogP contribution >= 0.6 is 0 Å². The number of ether oxygens (including phenoxy) is 3. The summed E-state index contributed by atoms with van der Waals surface area (Å²) < 4.78 is 16.4. The van der Waals surface area contributed by atoms with E-state index in [1.165, 1.54) is 11.1 Å². The molecule has 0 aliphatic carbocycles. The molecule has 8 heteroatoms. The van der Waals surface area contributed by atoms with Gasteiger partial charge in [-0.15, -0.1) is 0 Å². The molecular weight excluding hydrogens is 470 g/mol. The SMILES string of the molecule is CCOC(=O)[C@H]1CCCCN1CC(=O)N1N=C(c2ccc(C)c(C)c2)C[C@@H]1c1ccc(OC)cc1OC. The third kappa shape index (κ3) is 5.80. The Labute approximate surface area is 219 Å². The highest BCUT2D eigenvalue weighted by atomic mass is 16.5. The van der Waals surface area contributed by atoms with Gasteiger partial charge in [-0.25, -0.2) is 5.01 Å². The summed E-state index contributed by atoms with van der Waals surface area (Å²) in [6, 6.07) is 11.1. The fourth-order valence-corrected chi connectivity index (χ4v) is 5.10. The number of rotatable bonds is 8. The van der Waals surface area contributed by atoms with Crippen LogP contribution in [0.2, 0.25) is 0 Å². The van der Waals surface area contributed by atoms with Crippen molar-refractivity contribution >= 4 is 17.6 Å². The first-order chi connectivity index (χ1) is 17.9. The third-order valence-electron chi connectivity index (χ3n) is 7.32. The van der Waals surface area contributed by atoms with Crippen molar-refractivity contribution in [1.29, 1.82) is 0 Å². The number of methoxy groups -OCH3 is 2. The predicted octanol–water partition coefficient (Wildman–Crippen LogP) is 4.42. The van der Waals surface area contributed by atoms with Gasteiger partial charge in [0.15, 0.2) is 0 Å². The lowest BCUT2D eigenvalue weighted by atomic mass is 9.95. The lowest BCUT2D eigenvalue weighted by molar-refractivity contribution is -0.152. The zero-order chi connectivity index (χ0) is 26.5. The van der Waals surface area contributed by atoms with E-state index >= 15 is 0 Å². The molecule has 0 N–H and O–H groups in total. The molecular formula is C29H37N3O5. The molecule has 0 aromatic heterocycles. The molecule has 0 bridgehead atoms. The number of hydrazone groups is 1. The molecule has 2 aromatic rings. The van der Waals surface area contributed by atoms with E-state index in [-0.39, 0.29) is 24.5 Å². The largest absolute Gasteiger partial charge is 0.497 e. The minimum Gasteiger partial charge on any atom is -0.497 e. The summed E-state index contributed by atoms with van der Waals surface area (Å²) in [5.41, 5.74) is 5.09. The Balaban J connectivity index is 1.67. The number of benzene rings is 2. The van der Waals surface area contributed by atoms with Crippen LogP contribution in [0.5, 0.6) is 11.5 Å². The summed E-state index contributed by atoms with van der Waals surface area (Å²) in [6.45, 7) is 7.06. The molecule has 1 saturated heterocycles. The van der Waals surface area contributed by atoms with Gasteiger partial charge >= 0.3 is 5.97 Å². The van der Waals surface area contributed by atoms with Crippen LogP contribution in [0, 0.1) is 13.8 Å².